The predicted octanol–water partition coefficient (Wildman–Crippen LogP) is 1.75. The molecule has 0 saturated carbocycles. The molecule has 1 heterocycles. The van der Waals surface area contributed by atoms with E-state index in [-0.39, 0.29) is 17.1 Å². The van der Waals surface area contributed by atoms with Crippen molar-refractivity contribution < 1.29 is 18.7 Å². The minimum Gasteiger partial charge on any atom is -0.480 e. The van der Waals surface area contributed by atoms with E-state index >= 15 is 0 Å². The minimum atomic E-state index is -1.23. The molecule has 102 valence electrons. The molecule has 0 atom stereocenters. The van der Waals surface area contributed by atoms with Gasteiger partial charge in [0, 0.05) is 18.2 Å². The molecule has 0 aliphatic heterocycles. The average molecular weight is 270 g/mol. The summed E-state index contributed by atoms with van der Waals surface area (Å²) in [6.45, 7) is 2.81. The number of hydrogen-bond donors (Lipinski definition) is 1. The van der Waals surface area contributed by atoms with E-state index in [2.05, 4.69) is 0 Å². The number of aliphatic carboxylic acids is 1. The predicted molar refractivity (Wildman–Crippen MR) is 64.1 cm³/mol. The Kier molecular flexibility index (Phi) is 3.13. The molecule has 5 nitrogen and oxygen atoms in total. The van der Waals surface area contributed by atoms with Gasteiger partial charge in [0.1, 0.15) is 6.54 Å². The molecular formula is C12H12F2N2O3. The van der Waals surface area contributed by atoms with Crippen molar-refractivity contribution in [1.29, 1.82) is 0 Å². The summed E-state index contributed by atoms with van der Waals surface area (Å²) in [5, 5.41) is 8.79. The number of fused-ring (bicyclic) bond motifs is 1. The highest BCUT2D eigenvalue weighted by atomic mass is 19.2. The summed E-state index contributed by atoms with van der Waals surface area (Å²) >= 11 is 0. The van der Waals surface area contributed by atoms with Gasteiger partial charge in [-0.2, -0.15) is 0 Å². The number of benzene rings is 1. The van der Waals surface area contributed by atoms with Crippen molar-refractivity contribution in [2.45, 2.75) is 26.4 Å². The van der Waals surface area contributed by atoms with Gasteiger partial charge in [-0.1, -0.05) is 0 Å². The second-order valence-corrected chi connectivity index (χ2v) is 4.48. The zero-order valence-corrected chi connectivity index (χ0v) is 10.4. The molecule has 1 aromatic carbocycles. The molecule has 0 bridgehead atoms. The number of rotatable bonds is 3. The van der Waals surface area contributed by atoms with Gasteiger partial charge in [-0.05, 0) is 13.8 Å². The number of imidazole rings is 1. The highest BCUT2D eigenvalue weighted by molar-refractivity contribution is 5.78. The van der Waals surface area contributed by atoms with Crippen LogP contribution in [0.15, 0.2) is 16.9 Å². The van der Waals surface area contributed by atoms with Crippen molar-refractivity contribution in [3.8, 4) is 0 Å². The second kappa shape index (κ2) is 4.49. The van der Waals surface area contributed by atoms with Crippen molar-refractivity contribution in [1.82, 2.24) is 9.13 Å². The molecule has 0 spiro atoms. The van der Waals surface area contributed by atoms with Gasteiger partial charge in [-0.15, -0.1) is 0 Å². The van der Waals surface area contributed by atoms with Gasteiger partial charge in [-0.3, -0.25) is 13.9 Å². The first kappa shape index (κ1) is 13.3. The second-order valence-electron chi connectivity index (χ2n) is 4.48. The highest BCUT2D eigenvalue weighted by Crippen LogP contribution is 2.20. The zero-order valence-electron chi connectivity index (χ0n) is 10.4. The Morgan fingerprint density at radius 1 is 1.26 bits per heavy atom. The Labute approximate surface area is 106 Å². The van der Waals surface area contributed by atoms with Gasteiger partial charge < -0.3 is 5.11 Å². The quantitative estimate of drug-likeness (QED) is 0.924. The van der Waals surface area contributed by atoms with E-state index in [4.69, 9.17) is 5.11 Å². The maximum atomic E-state index is 13.3. The van der Waals surface area contributed by atoms with Crippen LogP contribution in [0, 0.1) is 11.6 Å². The lowest BCUT2D eigenvalue weighted by Crippen LogP contribution is -2.27. The van der Waals surface area contributed by atoms with Crippen LogP contribution >= 0.6 is 0 Å². The fraction of sp³-hybridized carbons (Fsp3) is 0.333. The third-order valence-electron chi connectivity index (χ3n) is 2.81. The Morgan fingerprint density at radius 2 is 1.79 bits per heavy atom. The third kappa shape index (κ3) is 2.11. The lowest BCUT2D eigenvalue weighted by atomic mass is 10.2. The van der Waals surface area contributed by atoms with Crippen LogP contribution in [0.3, 0.4) is 0 Å². The van der Waals surface area contributed by atoms with Crippen LogP contribution < -0.4 is 5.69 Å². The molecule has 1 aromatic heterocycles. The normalized spacial score (nSPS) is 11.4. The molecule has 0 aliphatic rings. The summed E-state index contributed by atoms with van der Waals surface area (Å²) in [6.07, 6.45) is 0. The number of carboxylic acid groups (broad SMARTS) is 1. The number of halogens is 2. The molecule has 1 N–H and O–H groups in total. The first-order chi connectivity index (χ1) is 8.82. The van der Waals surface area contributed by atoms with Gasteiger partial charge in [-0.25, -0.2) is 13.6 Å². The van der Waals surface area contributed by atoms with Crippen LogP contribution in [0.2, 0.25) is 0 Å². The van der Waals surface area contributed by atoms with Crippen molar-refractivity contribution in [2.24, 2.45) is 0 Å². The summed E-state index contributed by atoms with van der Waals surface area (Å²) in [7, 11) is 0. The molecule has 0 unspecified atom stereocenters. The number of nitrogens with zero attached hydrogens (tertiary/aromatic N) is 2. The fourth-order valence-corrected chi connectivity index (χ4v) is 2.06. The Bertz CT molecular complexity index is 716. The summed E-state index contributed by atoms with van der Waals surface area (Å²) in [5.74, 6) is -3.42. The fourth-order valence-electron chi connectivity index (χ4n) is 2.06. The summed E-state index contributed by atoms with van der Waals surface area (Å²) in [4.78, 5) is 22.9. The average Bonchev–Trinajstić information content (AvgIpc) is 2.53. The monoisotopic (exact) mass is 270 g/mol. The summed E-state index contributed by atoms with van der Waals surface area (Å²) in [6, 6.07) is 1.45. The van der Waals surface area contributed by atoms with Gasteiger partial charge in [0.25, 0.3) is 0 Å². The summed E-state index contributed by atoms with van der Waals surface area (Å²) < 4.78 is 28.7. The molecule has 19 heavy (non-hydrogen) atoms. The smallest absolute Gasteiger partial charge is 0.329 e. The number of hydrogen-bond acceptors (Lipinski definition) is 2. The van der Waals surface area contributed by atoms with Crippen molar-refractivity contribution >= 4 is 17.0 Å². The molecule has 2 aromatic rings. The number of carboxylic acids is 1. The van der Waals surface area contributed by atoms with Crippen LogP contribution in [-0.4, -0.2) is 20.2 Å². The number of aromatic nitrogens is 2. The van der Waals surface area contributed by atoms with Gasteiger partial charge >= 0.3 is 11.7 Å². The molecule has 0 saturated heterocycles. The van der Waals surface area contributed by atoms with Gasteiger partial charge in [0.05, 0.1) is 11.0 Å². The van der Waals surface area contributed by atoms with Crippen molar-refractivity contribution in [3.05, 3.63) is 34.3 Å². The molecule has 0 amide bonds. The molecule has 7 heteroatoms. The first-order valence-corrected chi connectivity index (χ1v) is 5.64. The van der Waals surface area contributed by atoms with Crippen molar-refractivity contribution in [2.75, 3.05) is 0 Å². The van der Waals surface area contributed by atoms with Crippen LogP contribution in [0.5, 0.6) is 0 Å². The number of carbonyl (C=O) groups is 1. The van der Waals surface area contributed by atoms with E-state index in [0.717, 1.165) is 16.7 Å². The molecule has 0 fully saturated rings. The van der Waals surface area contributed by atoms with E-state index < -0.39 is 29.8 Å². The lowest BCUT2D eigenvalue weighted by molar-refractivity contribution is -0.137. The topological polar surface area (TPSA) is 64.2 Å². The molecular weight excluding hydrogens is 258 g/mol. The van der Waals surface area contributed by atoms with E-state index in [1.165, 1.54) is 4.57 Å². The minimum absolute atomic E-state index is 0.0694. The van der Waals surface area contributed by atoms with E-state index in [1.807, 2.05) is 0 Å². The van der Waals surface area contributed by atoms with E-state index in [9.17, 15) is 18.4 Å². The van der Waals surface area contributed by atoms with Crippen LogP contribution in [0.25, 0.3) is 11.0 Å². The van der Waals surface area contributed by atoms with Crippen molar-refractivity contribution in [3.63, 3.8) is 0 Å². The molecule has 0 radical (unpaired) electrons. The highest BCUT2D eigenvalue weighted by Gasteiger charge is 2.19. The maximum Gasteiger partial charge on any atom is 0.329 e. The van der Waals surface area contributed by atoms with Gasteiger partial charge in [0.2, 0.25) is 0 Å². The van der Waals surface area contributed by atoms with Crippen LogP contribution in [0.4, 0.5) is 8.78 Å². The van der Waals surface area contributed by atoms with Gasteiger partial charge in [0.15, 0.2) is 11.6 Å². The summed E-state index contributed by atoms with van der Waals surface area (Å²) in [5.41, 5.74) is -0.349. The third-order valence-corrected chi connectivity index (χ3v) is 2.81. The standard InChI is InChI=1S/C12H12F2N2O3/c1-6(2)16-10-4-8(14)7(13)3-9(10)15(12(16)19)5-11(17)18/h3-4,6H,5H2,1-2H3,(H,17,18). The zero-order chi connectivity index (χ0) is 14.3. The Balaban J connectivity index is 2.88. The van der Waals surface area contributed by atoms with Crippen LogP contribution in [0.1, 0.15) is 19.9 Å². The first-order valence-electron chi connectivity index (χ1n) is 5.64. The Hall–Kier alpha value is -2.18. The van der Waals surface area contributed by atoms with Crippen LogP contribution in [-0.2, 0) is 11.3 Å². The maximum absolute atomic E-state index is 13.3. The van der Waals surface area contributed by atoms with E-state index in [0.29, 0.717) is 0 Å². The van der Waals surface area contributed by atoms with E-state index in [1.54, 1.807) is 13.8 Å². The SMILES string of the molecule is CC(C)n1c(=O)n(CC(=O)O)c2cc(F)c(F)cc21. The molecule has 0 aliphatic carbocycles. The largest absolute Gasteiger partial charge is 0.480 e. The lowest BCUT2D eigenvalue weighted by Gasteiger charge is -2.06. The Morgan fingerprint density at radius 3 is 2.26 bits per heavy atom. The molecule has 2 rings (SSSR count).